The summed E-state index contributed by atoms with van der Waals surface area (Å²) >= 11 is 0. The predicted molar refractivity (Wildman–Crippen MR) is 79.6 cm³/mol. The summed E-state index contributed by atoms with van der Waals surface area (Å²) in [5, 5.41) is 11.6. The van der Waals surface area contributed by atoms with E-state index in [1.807, 2.05) is 19.1 Å². The first-order valence-corrected chi connectivity index (χ1v) is 7.21. The number of carbonyl (C=O) groups excluding carboxylic acids is 1. The van der Waals surface area contributed by atoms with Gasteiger partial charge in [-0.1, -0.05) is 12.1 Å². The van der Waals surface area contributed by atoms with E-state index >= 15 is 0 Å². The van der Waals surface area contributed by atoms with Crippen molar-refractivity contribution in [3.05, 3.63) is 34.7 Å². The van der Waals surface area contributed by atoms with Gasteiger partial charge in [0.2, 0.25) is 5.91 Å². The van der Waals surface area contributed by atoms with Crippen LogP contribution in [0.25, 0.3) is 11.0 Å². The van der Waals surface area contributed by atoms with Gasteiger partial charge in [-0.05, 0) is 31.9 Å². The number of aliphatic carboxylic acids is 1. The standard InChI is InChI=1S/C15H17N3O4/c1-2-17-10-5-3-4-6-11(10)18(14(17)22)9-12(19)16-15(7-8-15)13(20)21/h3-6H,2,7-9H2,1H3,(H,16,19)(H,20,21). The van der Waals surface area contributed by atoms with Crippen LogP contribution in [0.2, 0.25) is 0 Å². The summed E-state index contributed by atoms with van der Waals surface area (Å²) < 4.78 is 2.97. The topological polar surface area (TPSA) is 93.3 Å². The van der Waals surface area contributed by atoms with E-state index in [2.05, 4.69) is 5.32 Å². The third-order valence-corrected chi connectivity index (χ3v) is 4.08. The van der Waals surface area contributed by atoms with Crippen LogP contribution < -0.4 is 11.0 Å². The van der Waals surface area contributed by atoms with Crippen molar-refractivity contribution in [2.45, 2.75) is 38.4 Å². The lowest BCUT2D eigenvalue weighted by Crippen LogP contribution is -2.45. The van der Waals surface area contributed by atoms with Gasteiger partial charge in [0.15, 0.2) is 0 Å². The number of imidazole rings is 1. The van der Waals surface area contributed by atoms with E-state index in [4.69, 9.17) is 5.11 Å². The molecule has 0 atom stereocenters. The van der Waals surface area contributed by atoms with Crippen molar-refractivity contribution < 1.29 is 14.7 Å². The molecule has 0 unspecified atom stereocenters. The molecule has 2 aromatic rings. The van der Waals surface area contributed by atoms with E-state index < -0.39 is 17.4 Å². The molecule has 0 saturated heterocycles. The third kappa shape index (κ3) is 2.18. The van der Waals surface area contributed by atoms with Gasteiger partial charge in [0.25, 0.3) is 0 Å². The van der Waals surface area contributed by atoms with Gasteiger partial charge >= 0.3 is 11.7 Å². The van der Waals surface area contributed by atoms with Crippen LogP contribution in [0.4, 0.5) is 0 Å². The quantitative estimate of drug-likeness (QED) is 0.844. The largest absolute Gasteiger partial charge is 0.480 e. The highest BCUT2D eigenvalue weighted by Crippen LogP contribution is 2.35. The lowest BCUT2D eigenvalue weighted by Gasteiger charge is -2.12. The van der Waals surface area contributed by atoms with E-state index in [1.165, 1.54) is 4.57 Å². The summed E-state index contributed by atoms with van der Waals surface area (Å²) in [7, 11) is 0. The number of amides is 1. The minimum Gasteiger partial charge on any atom is -0.480 e. The Kier molecular flexibility index (Phi) is 3.27. The molecule has 1 fully saturated rings. The number of hydrogen-bond donors (Lipinski definition) is 2. The lowest BCUT2D eigenvalue weighted by atomic mass is 10.2. The first-order valence-electron chi connectivity index (χ1n) is 7.21. The molecule has 3 rings (SSSR count). The van der Waals surface area contributed by atoms with E-state index in [9.17, 15) is 14.4 Å². The van der Waals surface area contributed by atoms with Crippen LogP contribution in [-0.2, 0) is 22.7 Å². The number of carboxylic acids is 1. The summed E-state index contributed by atoms with van der Waals surface area (Å²) in [4.78, 5) is 35.6. The van der Waals surface area contributed by atoms with Gasteiger partial charge in [0.05, 0.1) is 11.0 Å². The van der Waals surface area contributed by atoms with Gasteiger partial charge < -0.3 is 10.4 Å². The van der Waals surface area contributed by atoms with Crippen LogP contribution in [0.5, 0.6) is 0 Å². The highest BCUT2D eigenvalue weighted by molar-refractivity contribution is 5.90. The summed E-state index contributed by atoms with van der Waals surface area (Å²) in [5.41, 5.74) is 0.0370. The van der Waals surface area contributed by atoms with Crippen LogP contribution in [-0.4, -0.2) is 31.7 Å². The predicted octanol–water partition coefficient (Wildman–Crippen LogP) is 0.556. The Morgan fingerprint density at radius 3 is 2.32 bits per heavy atom. The van der Waals surface area contributed by atoms with Crippen LogP contribution in [0.1, 0.15) is 19.8 Å². The van der Waals surface area contributed by atoms with Crippen molar-refractivity contribution in [2.75, 3.05) is 0 Å². The Morgan fingerprint density at radius 1 is 1.23 bits per heavy atom. The van der Waals surface area contributed by atoms with Gasteiger partial charge in [0, 0.05) is 6.54 Å². The Hall–Kier alpha value is -2.57. The molecule has 7 heteroatoms. The number of nitrogens with one attached hydrogen (secondary N) is 1. The molecule has 22 heavy (non-hydrogen) atoms. The van der Waals surface area contributed by atoms with E-state index in [-0.39, 0.29) is 12.2 Å². The number of carboxylic acid groups (broad SMARTS) is 1. The molecule has 1 aliphatic rings. The molecule has 0 aliphatic heterocycles. The molecule has 116 valence electrons. The van der Waals surface area contributed by atoms with E-state index in [0.29, 0.717) is 24.9 Å². The number of aryl methyl sites for hydroxylation is 1. The number of fused-ring (bicyclic) bond motifs is 1. The second kappa shape index (κ2) is 5.01. The van der Waals surface area contributed by atoms with Gasteiger partial charge in [-0.15, -0.1) is 0 Å². The molecule has 0 bridgehead atoms. The summed E-state index contributed by atoms with van der Waals surface area (Å²) in [6.45, 7) is 2.19. The number of aromatic nitrogens is 2. The molecule has 0 radical (unpaired) electrons. The fourth-order valence-electron chi connectivity index (χ4n) is 2.70. The van der Waals surface area contributed by atoms with Gasteiger partial charge in [-0.2, -0.15) is 0 Å². The second-order valence-electron chi connectivity index (χ2n) is 5.54. The van der Waals surface area contributed by atoms with Crippen LogP contribution >= 0.6 is 0 Å². The van der Waals surface area contributed by atoms with Gasteiger partial charge in [-0.3, -0.25) is 13.9 Å². The Bertz CT molecular complexity index is 814. The molecular formula is C15H17N3O4. The lowest BCUT2D eigenvalue weighted by molar-refractivity contribution is -0.143. The molecule has 1 heterocycles. The minimum absolute atomic E-state index is 0.179. The first kappa shape index (κ1) is 14.4. The minimum atomic E-state index is -1.14. The molecule has 1 aliphatic carbocycles. The zero-order valence-electron chi connectivity index (χ0n) is 12.2. The van der Waals surface area contributed by atoms with Crippen molar-refractivity contribution in [3.8, 4) is 0 Å². The Labute approximate surface area is 126 Å². The summed E-state index contributed by atoms with van der Waals surface area (Å²) in [5.74, 6) is -1.48. The van der Waals surface area contributed by atoms with Crippen molar-refractivity contribution in [2.24, 2.45) is 0 Å². The zero-order valence-corrected chi connectivity index (χ0v) is 12.2. The summed E-state index contributed by atoms with van der Waals surface area (Å²) in [6.07, 6.45) is 0.860. The van der Waals surface area contributed by atoms with Crippen LogP contribution in [0.15, 0.2) is 29.1 Å². The SMILES string of the molecule is CCn1c(=O)n(CC(=O)NC2(C(=O)O)CC2)c2ccccc21. The van der Waals surface area contributed by atoms with E-state index in [1.54, 1.807) is 16.7 Å². The van der Waals surface area contributed by atoms with Gasteiger partial charge in [0.1, 0.15) is 12.1 Å². The molecule has 1 saturated carbocycles. The first-order chi connectivity index (χ1) is 10.5. The molecule has 1 amide bonds. The fraction of sp³-hybridized carbons (Fsp3) is 0.400. The maximum absolute atomic E-state index is 12.4. The van der Waals surface area contributed by atoms with E-state index in [0.717, 1.165) is 5.52 Å². The zero-order chi connectivity index (χ0) is 15.9. The number of carbonyl (C=O) groups is 2. The maximum atomic E-state index is 12.4. The monoisotopic (exact) mass is 303 g/mol. The molecule has 7 nitrogen and oxygen atoms in total. The van der Waals surface area contributed by atoms with Gasteiger partial charge in [-0.25, -0.2) is 9.59 Å². The smallest absolute Gasteiger partial charge is 0.329 e. The van der Waals surface area contributed by atoms with Crippen molar-refractivity contribution in [1.82, 2.24) is 14.5 Å². The average Bonchev–Trinajstić information content (AvgIpc) is 3.22. The number of rotatable bonds is 5. The van der Waals surface area contributed by atoms with Crippen LogP contribution in [0, 0.1) is 0 Å². The second-order valence-corrected chi connectivity index (χ2v) is 5.54. The Balaban J connectivity index is 1.91. The molecular weight excluding hydrogens is 286 g/mol. The molecule has 1 aromatic carbocycles. The molecule has 2 N–H and O–H groups in total. The number of hydrogen-bond acceptors (Lipinski definition) is 3. The average molecular weight is 303 g/mol. The van der Waals surface area contributed by atoms with Crippen LogP contribution in [0.3, 0.4) is 0 Å². The van der Waals surface area contributed by atoms with Crippen molar-refractivity contribution in [1.29, 1.82) is 0 Å². The normalized spacial score (nSPS) is 15.7. The third-order valence-electron chi connectivity index (χ3n) is 4.08. The molecule has 1 aromatic heterocycles. The molecule has 0 spiro atoms. The number of benzene rings is 1. The highest BCUT2D eigenvalue weighted by Gasteiger charge is 2.51. The highest BCUT2D eigenvalue weighted by atomic mass is 16.4. The number of para-hydroxylation sites is 2. The maximum Gasteiger partial charge on any atom is 0.329 e. The van der Waals surface area contributed by atoms with Crippen molar-refractivity contribution in [3.63, 3.8) is 0 Å². The van der Waals surface area contributed by atoms with Crippen molar-refractivity contribution >= 4 is 22.9 Å². The summed E-state index contributed by atoms with van der Waals surface area (Å²) in [6, 6.07) is 7.24. The fourth-order valence-corrected chi connectivity index (χ4v) is 2.70. The number of nitrogens with zero attached hydrogens (tertiary/aromatic N) is 2. The Morgan fingerprint density at radius 2 is 1.82 bits per heavy atom.